The highest BCUT2D eigenvalue weighted by Crippen LogP contribution is 2.31. The first-order valence-corrected chi connectivity index (χ1v) is 6.45. The molecule has 0 saturated heterocycles. The summed E-state index contributed by atoms with van der Waals surface area (Å²) in [6.45, 7) is 1.99. The zero-order chi connectivity index (χ0) is 14.1. The van der Waals surface area contributed by atoms with Crippen LogP contribution in [0.3, 0.4) is 0 Å². The van der Waals surface area contributed by atoms with E-state index in [1.807, 2.05) is 49.4 Å². The van der Waals surface area contributed by atoms with E-state index in [4.69, 9.17) is 4.74 Å². The zero-order valence-corrected chi connectivity index (χ0v) is 11.4. The molecule has 3 rings (SSSR count). The summed E-state index contributed by atoms with van der Waals surface area (Å²) in [7, 11) is 1.65. The molecule has 0 spiro atoms. The average Bonchev–Trinajstić information content (AvgIpc) is 2.85. The number of hydrogen-bond acceptors (Lipinski definition) is 2. The van der Waals surface area contributed by atoms with Crippen molar-refractivity contribution >= 4 is 17.2 Å². The molecule has 0 aliphatic rings. The van der Waals surface area contributed by atoms with Gasteiger partial charge in [0.25, 0.3) is 0 Å². The lowest BCUT2D eigenvalue weighted by Gasteiger charge is -2.07. The SMILES string of the molecule is COc1ccc(-c2[nH]c3ccccc3c2C=O)cc1C. The van der Waals surface area contributed by atoms with Crippen LogP contribution in [0.5, 0.6) is 5.75 Å². The summed E-state index contributed by atoms with van der Waals surface area (Å²) >= 11 is 0. The molecule has 0 amide bonds. The maximum atomic E-state index is 11.4. The van der Waals surface area contributed by atoms with Gasteiger partial charge in [-0.1, -0.05) is 18.2 Å². The van der Waals surface area contributed by atoms with E-state index in [0.29, 0.717) is 5.56 Å². The Morgan fingerprint density at radius 3 is 2.65 bits per heavy atom. The van der Waals surface area contributed by atoms with Crippen LogP contribution in [0.2, 0.25) is 0 Å². The molecule has 2 aromatic carbocycles. The molecule has 100 valence electrons. The van der Waals surface area contributed by atoms with Crippen molar-refractivity contribution in [2.75, 3.05) is 7.11 Å². The van der Waals surface area contributed by atoms with Gasteiger partial charge in [0, 0.05) is 16.5 Å². The monoisotopic (exact) mass is 265 g/mol. The third kappa shape index (κ3) is 1.88. The number of aromatic amines is 1. The summed E-state index contributed by atoms with van der Waals surface area (Å²) in [5.41, 5.74) is 4.55. The third-order valence-corrected chi connectivity index (χ3v) is 3.55. The Morgan fingerprint density at radius 1 is 1.15 bits per heavy atom. The number of H-pyrrole nitrogens is 1. The van der Waals surface area contributed by atoms with Crippen molar-refractivity contribution in [1.82, 2.24) is 4.98 Å². The number of hydrogen-bond donors (Lipinski definition) is 1. The van der Waals surface area contributed by atoms with Crippen molar-refractivity contribution in [3.8, 4) is 17.0 Å². The van der Waals surface area contributed by atoms with Gasteiger partial charge in [-0.3, -0.25) is 4.79 Å². The van der Waals surface area contributed by atoms with Gasteiger partial charge in [0.15, 0.2) is 6.29 Å². The zero-order valence-electron chi connectivity index (χ0n) is 11.4. The van der Waals surface area contributed by atoms with Crippen molar-refractivity contribution in [1.29, 1.82) is 0 Å². The number of carbonyl (C=O) groups excluding carboxylic acids is 1. The van der Waals surface area contributed by atoms with Crippen molar-refractivity contribution in [3.05, 3.63) is 53.6 Å². The maximum Gasteiger partial charge on any atom is 0.152 e. The quantitative estimate of drug-likeness (QED) is 0.728. The first kappa shape index (κ1) is 12.5. The van der Waals surface area contributed by atoms with E-state index >= 15 is 0 Å². The molecule has 20 heavy (non-hydrogen) atoms. The Labute approximate surface area is 117 Å². The highest BCUT2D eigenvalue weighted by atomic mass is 16.5. The Morgan fingerprint density at radius 2 is 1.95 bits per heavy atom. The fourth-order valence-corrected chi connectivity index (χ4v) is 2.55. The molecule has 1 aromatic heterocycles. The largest absolute Gasteiger partial charge is 0.496 e. The molecule has 0 saturated carbocycles. The second-order valence-electron chi connectivity index (χ2n) is 4.76. The van der Waals surface area contributed by atoms with Crippen LogP contribution in [0.25, 0.3) is 22.2 Å². The van der Waals surface area contributed by atoms with Gasteiger partial charge >= 0.3 is 0 Å². The summed E-state index contributed by atoms with van der Waals surface area (Å²) in [5.74, 6) is 0.845. The van der Waals surface area contributed by atoms with E-state index < -0.39 is 0 Å². The van der Waals surface area contributed by atoms with Gasteiger partial charge in [0.2, 0.25) is 0 Å². The minimum absolute atomic E-state index is 0.699. The van der Waals surface area contributed by atoms with E-state index in [0.717, 1.165) is 39.8 Å². The van der Waals surface area contributed by atoms with Gasteiger partial charge in [-0.15, -0.1) is 0 Å². The number of rotatable bonds is 3. The summed E-state index contributed by atoms with van der Waals surface area (Å²) in [6, 6.07) is 13.7. The Kier molecular flexibility index (Phi) is 3.03. The number of benzene rings is 2. The van der Waals surface area contributed by atoms with E-state index in [-0.39, 0.29) is 0 Å². The average molecular weight is 265 g/mol. The van der Waals surface area contributed by atoms with Gasteiger partial charge in [0.1, 0.15) is 5.75 Å². The Balaban J connectivity index is 2.23. The van der Waals surface area contributed by atoms with Crippen molar-refractivity contribution < 1.29 is 9.53 Å². The minimum atomic E-state index is 0.699. The number of aromatic nitrogens is 1. The second kappa shape index (κ2) is 4.85. The first-order chi connectivity index (χ1) is 9.74. The van der Waals surface area contributed by atoms with Crippen molar-refractivity contribution in [3.63, 3.8) is 0 Å². The lowest BCUT2D eigenvalue weighted by molar-refractivity contribution is 0.112. The third-order valence-electron chi connectivity index (χ3n) is 3.55. The van der Waals surface area contributed by atoms with Gasteiger partial charge in [-0.25, -0.2) is 0 Å². The summed E-state index contributed by atoms with van der Waals surface area (Å²) in [6.07, 6.45) is 0.910. The predicted octanol–water partition coefficient (Wildman–Crippen LogP) is 3.96. The number of aryl methyl sites for hydroxylation is 1. The molecular weight excluding hydrogens is 250 g/mol. The van der Waals surface area contributed by atoms with Gasteiger partial charge < -0.3 is 9.72 Å². The molecule has 1 heterocycles. The molecule has 1 N–H and O–H groups in total. The van der Waals surface area contributed by atoms with Gasteiger partial charge in [-0.2, -0.15) is 0 Å². The van der Waals surface area contributed by atoms with Crippen LogP contribution in [0.1, 0.15) is 15.9 Å². The predicted molar refractivity (Wildman–Crippen MR) is 80.4 cm³/mol. The molecule has 3 nitrogen and oxygen atoms in total. The highest BCUT2D eigenvalue weighted by molar-refractivity contribution is 6.04. The summed E-state index contributed by atoms with van der Waals surface area (Å²) < 4.78 is 5.27. The molecule has 0 atom stereocenters. The number of ether oxygens (including phenoxy) is 1. The lowest BCUT2D eigenvalue weighted by Crippen LogP contribution is -1.89. The van der Waals surface area contributed by atoms with Crippen LogP contribution in [-0.4, -0.2) is 18.4 Å². The fraction of sp³-hybridized carbons (Fsp3) is 0.118. The number of methoxy groups -OCH3 is 1. The summed E-state index contributed by atoms with van der Waals surface area (Å²) in [4.78, 5) is 14.8. The Hall–Kier alpha value is -2.55. The fourth-order valence-electron chi connectivity index (χ4n) is 2.55. The Bertz CT molecular complexity index is 787. The number of para-hydroxylation sites is 1. The molecule has 0 unspecified atom stereocenters. The molecule has 3 heteroatoms. The molecule has 0 bridgehead atoms. The molecule has 0 radical (unpaired) electrons. The van der Waals surface area contributed by atoms with Crippen LogP contribution < -0.4 is 4.74 Å². The minimum Gasteiger partial charge on any atom is -0.496 e. The smallest absolute Gasteiger partial charge is 0.152 e. The van der Waals surface area contributed by atoms with E-state index in [1.165, 1.54) is 0 Å². The van der Waals surface area contributed by atoms with Crippen molar-refractivity contribution in [2.45, 2.75) is 6.92 Å². The molecule has 3 aromatic rings. The highest BCUT2D eigenvalue weighted by Gasteiger charge is 2.13. The normalized spacial score (nSPS) is 10.7. The van der Waals surface area contributed by atoms with Crippen molar-refractivity contribution in [2.24, 2.45) is 0 Å². The van der Waals surface area contributed by atoms with Gasteiger partial charge in [0.05, 0.1) is 12.8 Å². The van der Waals surface area contributed by atoms with E-state index in [9.17, 15) is 4.79 Å². The molecule has 0 aliphatic carbocycles. The lowest BCUT2D eigenvalue weighted by atomic mass is 10.0. The van der Waals surface area contributed by atoms with Crippen LogP contribution in [0.15, 0.2) is 42.5 Å². The van der Waals surface area contributed by atoms with Crippen LogP contribution in [0.4, 0.5) is 0 Å². The number of fused-ring (bicyclic) bond motifs is 1. The van der Waals surface area contributed by atoms with Gasteiger partial charge in [-0.05, 0) is 42.3 Å². The summed E-state index contributed by atoms with van der Waals surface area (Å²) in [5, 5.41) is 0.950. The molecular formula is C17H15NO2. The number of nitrogens with one attached hydrogen (secondary N) is 1. The maximum absolute atomic E-state index is 11.4. The van der Waals surface area contributed by atoms with E-state index in [1.54, 1.807) is 7.11 Å². The topological polar surface area (TPSA) is 42.1 Å². The second-order valence-corrected chi connectivity index (χ2v) is 4.76. The standard InChI is InChI=1S/C17H15NO2/c1-11-9-12(7-8-16(11)20-2)17-14(10-19)13-5-3-4-6-15(13)18-17/h3-10,18H,1-2H3. The molecule has 0 aliphatic heterocycles. The van der Waals surface area contributed by atoms with Crippen LogP contribution in [-0.2, 0) is 0 Å². The first-order valence-electron chi connectivity index (χ1n) is 6.45. The number of carbonyl (C=O) groups is 1. The number of aldehydes is 1. The van der Waals surface area contributed by atoms with Crippen LogP contribution in [0, 0.1) is 6.92 Å². The van der Waals surface area contributed by atoms with Crippen LogP contribution >= 0.6 is 0 Å². The molecule has 0 fully saturated rings. The van der Waals surface area contributed by atoms with E-state index in [2.05, 4.69) is 4.98 Å².